The Balaban J connectivity index is 0.00000225. The van der Waals surface area contributed by atoms with Crippen molar-refractivity contribution < 1.29 is 4.79 Å². The van der Waals surface area contributed by atoms with Gasteiger partial charge in [0.05, 0.1) is 6.42 Å². The summed E-state index contributed by atoms with van der Waals surface area (Å²) in [6.45, 7) is 1.47. The van der Waals surface area contributed by atoms with Gasteiger partial charge in [0.2, 0.25) is 5.91 Å². The second-order valence-corrected chi connectivity index (χ2v) is 4.18. The summed E-state index contributed by atoms with van der Waals surface area (Å²) in [6, 6.07) is 7.78. The summed E-state index contributed by atoms with van der Waals surface area (Å²) in [5.41, 5.74) is 1.02. The van der Waals surface area contributed by atoms with Gasteiger partial charge in [-0.05, 0) is 24.7 Å². The van der Waals surface area contributed by atoms with Crippen molar-refractivity contribution in [1.29, 1.82) is 0 Å². The highest BCUT2D eigenvalue weighted by molar-refractivity contribution is 9.10. The van der Waals surface area contributed by atoms with Crippen LogP contribution in [-0.4, -0.2) is 26.0 Å². The Morgan fingerprint density at radius 1 is 1.38 bits per heavy atom. The first kappa shape index (κ1) is 15.4. The van der Waals surface area contributed by atoms with Crippen molar-refractivity contribution in [2.24, 2.45) is 0 Å². The summed E-state index contributed by atoms with van der Waals surface area (Å²) >= 11 is 3.37. The molecular formula is C11H16BrClN2O. The van der Waals surface area contributed by atoms with Crippen LogP contribution in [0.5, 0.6) is 0 Å². The van der Waals surface area contributed by atoms with Crippen LogP contribution in [0.15, 0.2) is 28.7 Å². The fourth-order valence-electron chi connectivity index (χ4n) is 1.22. The summed E-state index contributed by atoms with van der Waals surface area (Å²) in [5.74, 6) is 0.0587. The molecule has 0 atom stereocenters. The third kappa shape index (κ3) is 6.10. The van der Waals surface area contributed by atoms with Crippen LogP contribution in [0.25, 0.3) is 0 Å². The Bertz CT molecular complexity index is 334. The topological polar surface area (TPSA) is 41.1 Å². The van der Waals surface area contributed by atoms with E-state index in [4.69, 9.17) is 0 Å². The normalized spacial score (nSPS) is 9.38. The van der Waals surface area contributed by atoms with Crippen LogP contribution in [0.4, 0.5) is 0 Å². The number of carbonyl (C=O) groups excluding carboxylic acids is 1. The van der Waals surface area contributed by atoms with Crippen LogP contribution in [0.2, 0.25) is 0 Å². The predicted molar refractivity (Wildman–Crippen MR) is 72.0 cm³/mol. The Hall–Kier alpha value is -0.580. The highest BCUT2D eigenvalue weighted by atomic mass is 79.9. The zero-order valence-electron chi connectivity index (χ0n) is 9.13. The molecule has 2 N–H and O–H groups in total. The fraction of sp³-hybridized carbons (Fsp3) is 0.364. The third-order valence-electron chi connectivity index (χ3n) is 1.95. The highest BCUT2D eigenvalue weighted by Gasteiger charge is 2.02. The number of nitrogens with one attached hydrogen (secondary N) is 2. The summed E-state index contributed by atoms with van der Waals surface area (Å²) in [5, 5.41) is 5.81. The molecule has 0 radical (unpaired) electrons. The Morgan fingerprint density at radius 2 is 2.12 bits per heavy atom. The standard InChI is InChI=1S/C11H15BrN2O.ClH/c1-13-5-6-14-11(15)8-9-3-2-4-10(12)7-9;/h2-4,7,13H,5-6,8H2,1H3,(H,14,15);1H. The number of hydrogen-bond acceptors (Lipinski definition) is 2. The Morgan fingerprint density at radius 3 is 2.75 bits per heavy atom. The van der Waals surface area contributed by atoms with E-state index in [1.54, 1.807) is 0 Å². The van der Waals surface area contributed by atoms with E-state index in [1.165, 1.54) is 0 Å². The average molecular weight is 308 g/mol. The zero-order chi connectivity index (χ0) is 11.1. The van der Waals surface area contributed by atoms with Gasteiger partial charge < -0.3 is 10.6 Å². The molecule has 0 spiro atoms. The third-order valence-corrected chi connectivity index (χ3v) is 2.44. The summed E-state index contributed by atoms with van der Waals surface area (Å²) in [7, 11) is 1.86. The largest absolute Gasteiger partial charge is 0.355 e. The molecule has 1 amide bonds. The number of likely N-dealkylation sites (N-methyl/N-ethyl adjacent to an activating group) is 1. The molecule has 1 aromatic carbocycles. The van der Waals surface area contributed by atoms with Crippen molar-refractivity contribution in [3.63, 3.8) is 0 Å². The number of hydrogen-bond donors (Lipinski definition) is 2. The van der Waals surface area contributed by atoms with Crippen molar-refractivity contribution in [2.45, 2.75) is 6.42 Å². The van der Waals surface area contributed by atoms with Crippen molar-refractivity contribution in [3.8, 4) is 0 Å². The minimum atomic E-state index is 0. The first-order valence-electron chi connectivity index (χ1n) is 4.88. The lowest BCUT2D eigenvalue weighted by Crippen LogP contribution is -2.31. The molecule has 5 heteroatoms. The van der Waals surface area contributed by atoms with E-state index in [1.807, 2.05) is 31.3 Å². The molecule has 0 saturated carbocycles. The molecule has 16 heavy (non-hydrogen) atoms. The molecular weight excluding hydrogens is 291 g/mol. The fourth-order valence-corrected chi connectivity index (χ4v) is 1.67. The van der Waals surface area contributed by atoms with E-state index in [0.717, 1.165) is 16.6 Å². The lowest BCUT2D eigenvalue weighted by molar-refractivity contribution is -0.120. The summed E-state index contributed by atoms with van der Waals surface area (Å²) in [4.78, 5) is 11.4. The summed E-state index contributed by atoms with van der Waals surface area (Å²) in [6.07, 6.45) is 0.434. The van der Waals surface area contributed by atoms with Crippen molar-refractivity contribution >= 4 is 34.2 Å². The van der Waals surface area contributed by atoms with Crippen LogP contribution in [0.1, 0.15) is 5.56 Å². The molecule has 0 bridgehead atoms. The molecule has 1 aromatic rings. The molecule has 0 fully saturated rings. The maximum atomic E-state index is 11.4. The van der Waals surface area contributed by atoms with E-state index >= 15 is 0 Å². The average Bonchev–Trinajstić information content (AvgIpc) is 2.18. The molecule has 0 aliphatic heterocycles. The van der Waals surface area contributed by atoms with Gasteiger partial charge in [-0.2, -0.15) is 0 Å². The van der Waals surface area contributed by atoms with Gasteiger partial charge >= 0.3 is 0 Å². The van der Waals surface area contributed by atoms with Gasteiger partial charge in [0.25, 0.3) is 0 Å². The van der Waals surface area contributed by atoms with Gasteiger partial charge in [-0.15, -0.1) is 12.4 Å². The molecule has 0 aromatic heterocycles. The minimum absolute atomic E-state index is 0. The molecule has 0 aliphatic rings. The van der Waals surface area contributed by atoms with E-state index < -0.39 is 0 Å². The van der Waals surface area contributed by atoms with Crippen LogP contribution in [0, 0.1) is 0 Å². The van der Waals surface area contributed by atoms with Crippen molar-refractivity contribution in [1.82, 2.24) is 10.6 Å². The number of halogens is 2. The second kappa shape index (κ2) is 8.56. The van der Waals surface area contributed by atoms with Crippen LogP contribution < -0.4 is 10.6 Å². The number of amides is 1. The summed E-state index contributed by atoms with van der Waals surface area (Å²) < 4.78 is 1.00. The minimum Gasteiger partial charge on any atom is -0.355 e. The number of benzene rings is 1. The molecule has 90 valence electrons. The predicted octanol–water partition coefficient (Wildman–Crippen LogP) is 1.75. The highest BCUT2D eigenvalue weighted by Crippen LogP contribution is 2.11. The molecule has 0 unspecified atom stereocenters. The monoisotopic (exact) mass is 306 g/mol. The molecule has 0 aliphatic carbocycles. The lowest BCUT2D eigenvalue weighted by Gasteiger charge is -2.04. The first-order chi connectivity index (χ1) is 7.22. The Labute approximate surface area is 111 Å². The van der Waals surface area contributed by atoms with Gasteiger partial charge in [0.1, 0.15) is 0 Å². The number of carbonyl (C=O) groups is 1. The van der Waals surface area contributed by atoms with Crippen LogP contribution in [-0.2, 0) is 11.2 Å². The molecule has 0 heterocycles. The molecule has 0 saturated heterocycles. The van der Waals surface area contributed by atoms with Gasteiger partial charge in [0, 0.05) is 17.6 Å². The zero-order valence-corrected chi connectivity index (χ0v) is 11.5. The van der Waals surface area contributed by atoms with E-state index in [2.05, 4.69) is 26.6 Å². The van der Waals surface area contributed by atoms with E-state index in [-0.39, 0.29) is 18.3 Å². The second-order valence-electron chi connectivity index (χ2n) is 3.26. The van der Waals surface area contributed by atoms with Gasteiger partial charge in [0.15, 0.2) is 0 Å². The smallest absolute Gasteiger partial charge is 0.224 e. The van der Waals surface area contributed by atoms with Crippen molar-refractivity contribution in [2.75, 3.05) is 20.1 Å². The van der Waals surface area contributed by atoms with Gasteiger partial charge in [-0.25, -0.2) is 0 Å². The van der Waals surface area contributed by atoms with Gasteiger partial charge in [-0.3, -0.25) is 4.79 Å². The molecule has 3 nitrogen and oxygen atoms in total. The van der Waals surface area contributed by atoms with Gasteiger partial charge in [-0.1, -0.05) is 28.1 Å². The van der Waals surface area contributed by atoms with Crippen LogP contribution >= 0.6 is 28.3 Å². The SMILES string of the molecule is CNCCNC(=O)Cc1cccc(Br)c1.Cl. The van der Waals surface area contributed by atoms with E-state index in [0.29, 0.717) is 13.0 Å². The maximum Gasteiger partial charge on any atom is 0.224 e. The van der Waals surface area contributed by atoms with E-state index in [9.17, 15) is 4.79 Å². The van der Waals surface area contributed by atoms with Crippen molar-refractivity contribution in [3.05, 3.63) is 34.3 Å². The molecule has 1 rings (SSSR count). The first-order valence-corrected chi connectivity index (χ1v) is 5.67. The maximum absolute atomic E-state index is 11.4. The quantitative estimate of drug-likeness (QED) is 0.814. The van der Waals surface area contributed by atoms with Crippen LogP contribution in [0.3, 0.4) is 0 Å². The lowest BCUT2D eigenvalue weighted by atomic mass is 10.1. The number of rotatable bonds is 5. The Kier molecular flexibility index (Phi) is 8.25.